The van der Waals surface area contributed by atoms with Crippen LogP contribution in [-0.4, -0.2) is 11.6 Å². The Balaban J connectivity index is 2.78. The maximum absolute atomic E-state index is 13.2. The average molecular weight is 301 g/mol. The molecule has 1 rings (SSSR count). The minimum atomic E-state index is -0.527. The number of rotatable bonds is 2. The van der Waals surface area contributed by atoms with Crippen LogP contribution in [0.5, 0.6) is 0 Å². The summed E-state index contributed by atoms with van der Waals surface area (Å²) in [6, 6.07) is 4.62. The van der Waals surface area contributed by atoms with E-state index in [4.69, 9.17) is 4.74 Å². The van der Waals surface area contributed by atoms with E-state index in [2.05, 4.69) is 15.9 Å². The summed E-state index contributed by atoms with van der Waals surface area (Å²) < 4.78 is 18.6. The van der Waals surface area contributed by atoms with Crippen LogP contribution in [0.2, 0.25) is 0 Å². The van der Waals surface area contributed by atoms with Gasteiger partial charge in [-0.1, -0.05) is 12.1 Å². The normalized spacial score (nSPS) is 11.8. The SMILES string of the molecule is CC(C)(C)OC(=O)C=Cc1cccc(F)c1Br. The molecule has 0 atom stereocenters. The number of hydrogen-bond acceptors (Lipinski definition) is 2. The maximum Gasteiger partial charge on any atom is 0.331 e. The fourth-order valence-electron chi connectivity index (χ4n) is 1.14. The van der Waals surface area contributed by atoms with E-state index in [1.165, 1.54) is 18.2 Å². The molecule has 1 aromatic rings. The first-order valence-electron chi connectivity index (χ1n) is 5.15. The van der Waals surface area contributed by atoms with Gasteiger partial charge in [0.2, 0.25) is 0 Å². The summed E-state index contributed by atoms with van der Waals surface area (Å²) in [5.74, 6) is -0.815. The van der Waals surface area contributed by atoms with Crippen molar-refractivity contribution in [3.05, 3.63) is 40.1 Å². The van der Waals surface area contributed by atoms with Crippen molar-refractivity contribution in [3.8, 4) is 0 Å². The van der Waals surface area contributed by atoms with Gasteiger partial charge in [0, 0.05) is 6.08 Å². The molecule has 0 radical (unpaired) electrons. The number of halogens is 2. The molecule has 0 unspecified atom stereocenters. The van der Waals surface area contributed by atoms with E-state index in [-0.39, 0.29) is 5.82 Å². The molecule has 0 saturated heterocycles. The summed E-state index contributed by atoms with van der Waals surface area (Å²) in [5.41, 5.74) is 0.0662. The first-order chi connectivity index (χ1) is 7.79. The molecule has 0 aromatic heterocycles. The zero-order chi connectivity index (χ0) is 13.1. The Labute approximate surface area is 109 Å². The quantitative estimate of drug-likeness (QED) is 0.611. The van der Waals surface area contributed by atoms with Crippen LogP contribution in [0.4, 0.5) is 4.39 Å². The molecule has 0 amide bonds. The van der Waals surface area contributed by atoms with Crippen LogP contribution in [0.3, 0.4) is 0 Å². The van der Waals surface area contributed by atoms with Crippen LogP contribution in [0, 0.1) is 5.82 Å². The van der Waals surface area contributed by atoms with Crippen molar-refractivity contribution in [1.82, 2.24) is 0 Å². The van der Waals surface area contributed by atoms with E-state index in [0.29, 0.717) is 10.0 Å². The third-order valence-corrected chi connectivity index (χ3v) is 2.62. The Bertz CT molecular complexity index is 447. The first kappa shape index (κ1) is 13.9. The van der Waals surface area contributed by atoms with Crippen LogP contribution < -0.4 is 0 Å². The van der Waals surface area contributed by atoms with Gasteiger partial charge in [-0.3, -0.25) is 0 Å². The van der Waals surface area contributed by atoms with Crippen molar-refractivity contribution >= 4 is 28.0 Å². The highest BCUT2D eigenvalue weighted by molar-refractivity contribution is 9.10. The van der Waals surface area contributed by atoms with E-state index >= 15 is 0 Å². The molecule has 0 aliphatic heterocycles. The van der Waals surface area contributed by atoms with Gasteiger partial charge in [-0.25, -0.2) is 9.18 Å². The highest BCUT2D eigenvalue weighted by Gasteiger charge is 2.14. The summed E-state index contributed by atoms with van der Waals surface area (Å²) in [6.45, 7) is 5.37. The highest BCUT2D eigenvalue weighted by Crippen LogP contribution is 2.21. The molecule has 0 aliphatic rings. The minimum absolute atomic E-state index is 0.333. The van der Waals surface area contributed by atoms with Gasteiger partial charge in [0.05, 0.1) is 4.47 Å². The Kier molecular flexibility index (Phi) is 4.46. The zero-order valence-electron chi connectivity index (χ0n) is 9.96. The molecule has 1 aromatic carbocycles. The molecule has 17 heavy (non-hydrogen) atoms. The largest absolute Gasteiger partial charge is 0.457 e. The molecule has 2 nitrogen and oxygen atoms in total. The van der Waals surface area contributed by atoms with E-state index in [1.807, 2.05) is 0 Å². The van der Waals surface area contributed by atoms with Crippen LogP contribution >= 0.6 is 15.9 Å². The second kappa shape index (κ2) is 5.45. The van der Waals surface area contributed by atoms with Crippen molar-refractivity contribution < 1.29 is 13.9 Å². The molecule has 0 fully saturated rings. The van der Waals surface area contributed by atoms with Crippen molar-refractivity contribution in [3.63, 3.8) is 0 Å². The van der Waals surface area contributed by atoms with Gasteiger partial charge < -0.3 is 4.74 Å². The van der Waals surface area contributed by atoms with Gasteiger partial charge in [0.15, 0.2) is 0 Å². The lowest BCUT2D eigenvalue weighted by atomic mass is 10.2. The molecular weight excluding hydrogens is 287 g/mol. The molecule has 4 heteroatoms. The van der Waals surface area contributed by atoms with Gasteiger partial charge in [0.25, 0.3) is 0 Å². The van der Waals surface area contributed by atoms with Crippen LogP contribution in [0.25, 0.3) is 6.08 Å². The van der Waals surface area contributed by atoms with E-state index in [1.54, 1.807) is 32.9 Å². The molecule has 0 saturated carbocycles. The van der Waals surface area contributed by atoms with Gasteiger partial charge in [-0.15, -0.1) is 0 Å². The maximum atomic E-state index is 13.2. The average Bonchev–Trinajstić information content (AvgIpc) is 2.18. The summed E-state index contributed by atoms with van der Waals surface area (Å²) in [5, 5.41) is 0. The number of benzene rings is 1. The van der Waals surface area contributed by atoms with Gasteiger partial charge >= 0.3 is 5.97 Å². The monoisotopic (exact) mass is 300 g/mol. The highest BCUT2D eigenvalue weighted by atomic mass is 79.9. The second-order valence-corrected chi connectivity index (χ2v) is 5.30. The lowest BCUT2D eigenvalue weighted by Gasteiger charge is -2.17. The number of ether oxygens (including phenoxy) is 1. The molecule has 0 spiro atoms. The van der Waals surface area contributed by atoms with E-state index in [9.17, 15) is 9.18 Å². The zero-order valence-corrected chi connectivity index (χ0v) is 11.5. The van der Waals surface area contributed by atoms with Crippen LogP contribution in [0.15, 0.2) is 28.7 Å². The van der Waals surface area contributed by atoms with E-state index < -0.39 is 11.6 Å². The van der Waals surface area contributed by atoms with Crippen LogP contribution in [-0.2, 0) is 9.53 Å². The van der Waals surface area contributed by atoms with Crippen LogP contribution in [0.1, 0.15) is 26.3 Å². The summed E-state index contributed by atoms with van der Waals surface area (Å²) in [7, 11) is 0. The number of carbonyl (C=O) groups excluding carboxylic acids is 1. The predicted molar refractivity (Wildman–Crippen MR) is 69.0 cm³/mol. The third-order valence-electron chi connectivity index (χ3n) is 1.79. The minimum Gasteiger partial charge on any atom is -0.457 e. The molecule has 0 bridgehead atoms. The summed E-state index contributed by atoms with van der Waals surface area (Å²) in [6.07, 6.45) is 2.80. The number of hydrogen-bond donors (Lipinski definition) is 0. The van der Waals surface area contributed by atoms with Gasteiger partial charge in [-0.05, 0) is 54.4 Å². The Morgan fingerprint density at radius 3 is 2.65 bits per heavy atom. The number of esters is 1. The van der Waals surface area contributed by atoms with Crippen molar-refractivity contribution in [1.29, 1.82) is 0 Å². The molecule has 92 valence electrons. The topological polar surface area (TPSA) is 26.3 Å². The standard InChI is InChI=1S/C13H14BrFO2/c1-13(2,3)17-11(16)8-7-9-5-4-6-10(15)12(9)14/h4-8H,1-3H3. The predicted octanol–water partition coefficient (Wildman–Crippen LogP) is 3.94. The lowest BCUT2D eigenvalue weighted by molar-refractivity contribution is -0.148. The Hall–Kier alpha value is -1.16. The number of carbonyl (C=O) groups is 1. The molecule has 0 N–H and O–H groups in total. The molecule has 0 aliphatic carbocycles. The van der Waals surface area contributed by atoms with Crippen molar-refractivity contribution in [2.75, 3.05) is 0 Å². The van der Waals surface area contributed by atoms with Gasteiger partial charge in [0.1, 0.15) is 11.4 Å². The van der Waals surface area contributed by atoms with Crippen molar-refractivity contribution in [2.24, 2.45) is 0 Å². The summed E-state index contributed by atoms with van der Waals surface area (Å²) in [4.78, 5) is 11.4. The van der Waals surface area contributed by atoms with Gasteiger partial charge in [-0.2, -0.15) is 0 Å². The first-order valence-corrected chi connectivity index (χ1v) is 5.94. The second-order valence-electron chi connectivity index (χ2n) is 4.51. The Morgan fingerprint density at radius 1 is 1.41 bits per heavy atom. The molecular formula is C13H14BrFO2. The fourth-order valence-corrected chi connectivity index (χ4v) is 1.54. The van der Waals surface area contributed by atoms with E-state index in [0.717, 1.165) is 0 Å². The third kappa shape index (κ3) is 4.69. The summed E-state index contributed by atoms with van der Waals surface area (Å²) >= 11 is 3.11. The Morgan fingerprint density at radius 2 is 2.06 bits per heavy atom. The lowest BCUT2D eigenvalue weighted by Crippen LogP contribution is -2.22. The fraction of sp³-hybridized carbons (Fsp3) is 0.308. The molecule has 0 heterocycles. The van der Waals surface area contributed by atoms with Crippen molar-refractivity contribution in [2.45, 2.75) is 26.4 Å². The smallest absolute Gasteiger partial charge is 0.331 e.